The van der Waals surface area contributed by atoms with Crippen molar-refractivity contribution in [1.82, 2.24) is 9.78 Å². The van der Waals surface area contributed by atoms with Crippen molar-refractivity contribution in [2.45, 2.75) is 32.6 Å². The summed E-state index contributed by atoms with van der Waals surface area (Å²) in [6.45, 7) is 2.21. The average Bonchev–Trinajstić information content (AvgIpc) is 2.65. The van der Waals surface area contributed by atoms with Gasteiger partial charge in [-0.05, 0) is 30.5 Å². The lowest BCUT2D eigenvalue weighted by Gasteiger charge is -2.05. The fraction of sp³-hybridized carbons (Fsp3) is 0.400. The van der Waals surface area contributed by atoms with E-state index in [-0.39, 0.29) is 0 Å². The van der Waals surface area contributed by atoms with E-state index in [2.05, 4.69) is 40.1 Å². The Morgan fingerprint density at radius 2 is 2.11 bits per heavy atom. The zero-order valence-corrected chi connectivity index (χ0v) is 13.1. The van der Waals surface area contributed by atoms with Crippen LogP contribution in [-0.4, -0.2) is 9.78 Å². The second kappa shape index (κ2) is 6.24. The Bertz CT molecular complexity index is 561. The number of hydrogen-bond acceptors (Lipinski definition) is 2. The Hall–Kier alpha value is -1.29. The Kier molecular flexibility index (Phi) is 4.64. The molecular weight excluding hydrogens is 302 g/mol. The van der Waals surface area contributed by atoms with E-state index in [0.29, 0.717) is 0 Å². The molecule has 0 amide bonds. The molecule has 0 saturated carbocycles. The highest BCUT2D eigenvalue weighted by Gasteiger charge is 2.15. The predicted molar refractivity (Wildman–Crippen MR) is 84.0 cm³/mol. The van der Waals surface area contributed by atoms with Crippen molar-refractivity contribution in [2.24, 2.45) is 7.05 Å². The van der Waals surface area contributed by atoms with E-state index in [9.17, 15) is 0 Å². The van der Waals surface area contributed by atoms with Crippen molar-refractivity contribution in [1.29, 1.82) is 0 Å². The van der Waals surface area contributed by atoms with Crippen LogP contribution in [0.5, 0.6) is 0 Å². The molecule has 1 heterocycles. The van der Waals surface area contributed by atoms with Crippen molar-refractivity contribution in [3.8, 4) is 11.1 Å². The number of anilines is 1. The Balaban J connectivity index is 2.37. The number of nitrogens with zero attached hydrogens (tertiary/aromatic N) is 2. The van der Waals surface area contributed by atoms with E-state index in [4.69, 9.17) is 5.73 Å². The highest BCUT2D eigenvalue weighted by molar-refractivity contribution is 9.10. The zero-order valence-electron chi connectivity index (χ0n) is 11.5. The summed E-state index contributed by atoms with van der Waals surface area (Å²) in [5.74, 6) is 0.740. The van der Waals surface area contributed by atoms with Crippen molar-refractivity contribution in [3.05, 3.63) is 34.4 Å². The first-order valence-corrected chi connectivity index (χ1v) is 7.50. The number of halogens is 1. The predicted octanol–water partition coefficient (Wildman–Crippen LogP) is 4.16. The van der Waals surface area contributed by atoms with Crippen LogP contribution in [0, 0.1) is 0 Å². The number of benzene rings is 1. The number of aromatic nitrogens is 2. The van der Waals surface area contributed by atoms with Crippen LogP contribution in [0.4, 0.5) is 5.82 Å². The quantitative estimate of drug-likeness (QED) is 0.840. The summed E-state index contributed by atoms with van der Waals surface area (Å²) < 4.78 is 2.84. The molecule has 0 aliphatic heterocycles. The molecule has 3 nitrogen and oxygen atoms in total. The van der Waals surface area contributed by atoms with Gasteiger partial charge in [0.2, 0.25) is 0 Å². The molecule has 4 heteroatoms. The number of rotatable bonds is 5. The van der Waals surface area contributed by atoms with E-state index in [1.165, 1.54) is 12.8 Å². The lowest BCUT2D eigenvalue weighted by Crippen LogP contribution is -1.98. The van der Waals surface area contributed by atoms with Crippen molar-refractivity contribution >= 4 is 21.7 Å². The van der Waals surface area contributed by atoms with Gasteiger partial charge >= 0.3 is 0 Å². The molecule has 2 N–H and O–H groups in total. The maximum Gasteiger partial charge on any atom is 0.129 e. The molecule has 102 valence electrons. The first kappa shape index (κ1) is 14.1. The van der Waals surface area contributed by atoms with Crippen molar-refractivity contribution in [3.63, 3.8) is 0 Å². The van der Waals surface area contributed by atoms with Gasteiger partial charge in [-0.3, -0.25) is 4.68 Å². The van der Waals surface area contributed by atoms with Crippen LogP contribution in [-0.2, 0) is 13.5 Å². The van der Waals surface area contributed by atoms with Crippen LogP contribution in [0.25, 0.3) is 11.1 Å². The van der Waals surface area contributed by atoms with Gasteiger partial charge in [-0.15, -0.1) is 0 Å². The summed E-state index contributed by atoms with van der Waals surface area (Å²) in [5.41, 5.74) is 9.49. The van der Waals surface area contributed by atoms with E-state index in [1.54, 1.807) is 4.68 Å². The van der Waals surface area contributed by atoms with Gasteiger partial charge in [-0.2, -0.15) is 5.10 Å². The van der Waals surface area contributed by atoms with Crippen molar-refractivity contribution < 1.29 is 0 Å². The zero-order chi connectivity index (χ0) is 13.8. The summed E-state index contributed by atoms with van der Waals surface area (Å²) >= 11 is 3.51. The lowest BCUT2D eigenvalue weighted by atomic mass is 10.0. The molecule has 0 aliphatic carbocycles. The minimum atomic E-state index is 0.740. The molecule has 2 aromatic rings. The minimum absolute atomic E-state index is 0.740. The molecule has 19 heavy (non-hydrogen) atoms. The second-order valence-electron chi connectivity index (χ2n) is 4.80. The molecule has 0 radical (unpaired) electrons. The number of nitrogens with two attached hydrogens (primary N) is 1. The smallest absolute Gasteiger partial charge is 0.129 e. The van der Waals surface area contributed by atoms with E-state index in [1.807, 2.05) is 19.2 Å². The van der Waals surface area contributed by atoms with Gasteiger partial charge in [-0.25, -0.2) is 0 Å². The standard InChI is InChI=1S/C15H20BrN3/c1-3-4-5-9-13-14(15(17)19(2)18-13)11-7-6-8-12(16)10-11/h6-8,10H,3-5,9,17H2,1-2H3. The molecule has 1 aromatic heterocycles. The first-order chi connectivity index (χ1) is 9.13. The van der Waals surface area contributed by atoms with Crippen LogP contribution >= 0.6 is 15.9 Å². The van der Waals surface area contributed by atoms with E-state index < -0.39 is 0 Å². The first-order valence-electron chi connectivity index (χ1n) is 6.70. The van der Waals surface area contributed by atoms with E-state index >= 15 is 0 Å². The maximum absolute atomic E-state index is 6.17. The molecular formula is C15H20BrN3. The van der Waals surface area contributed by atoms with Crippen LogP contribution in [0.3, 0.4) is 0 Å². The summed E-state index contributed by atoms with van der Waals surface area (Å²) in [6.07, 6.45) is 4.59. The summed E-state index contributed by atoms with van der Waals surface area (Å²) in [7, 11) is 1.90. The van der Waals surface area contributed by atoms with Gasteiger partial charge in [0.15, 0.2) is 0 Å². The molecule has 2 rings (SSSR count). The molecule has 0 bridgehead atoms. The van der Waals surface area contributed by atoms with Gasteiger partial charge in [0.1, 0.15) is 5.82 Å². The number of hydrogen-bond donors (Lipinski definition) is 1. The largest absolute Gasteiger partial charge is 0.383 e. The van der Waals surface area contributed by atoms with Crippen LogP contribution in [0.1, 0.15) is 31.9 Å². The topological polar surface area (TPSA) is 43.8 Å². The highest BCUT2D eigenvalue weighted by atomic mass is 79.9. The summed E-state index contributed by atoms with van der Waals surface area (Å²) in [6, 6.07) is 8.23. The third-order valence-corrected chi connectivity index (χ3v) is 3.79. The third kappa shape index (κ3) is 3.18. The molecule has 0 fully saturated rings. The molecule has 0 atom stereocenters. The number of nitrogen functional groups attached to an aromatic ring is 1. The van der Waals surface area contributed by atoms with Crippen LogP contribution in [0.15, 0.2) is 28.7 Å². The lowest BCUT2D eigenvalue weighted by molar-refractivity contribution is 0.685. The third-order valence-electron chi connectivity index (χ3n) is 3.29. The molecule has 0 saturated heterocycles. The number of aryl methyl sites for hydroxylation is 2. The second-order valence-corrected chi connectivity index (χ2v) is 5.71. The summed E-state index contributed by atoms with van der Waals surface area (Å²) in [4.78, 5) is 0. The highest BCUT2D eigenvalue weighted by Crippen LogP contribution is 2.31. The van der Waals surface area contributed by atoms with E-state index in [0.717, 1.165) is 40.0 Å². The van der Waals surface area contributed by atoms with Gasteiger partial charge < -0.3 is 5.73 Å². The maximum atomic E-state index is 6.17. The van der Waals surface area contributed by atoms with Crippen LogP contribution < -0.4 is 5.73 Å². The average molecular weight is 322 g/mol. The van der Waals surface area contributed by atoms with Crippen molar-refractivity contribution in [2.75, 3.05) is 5.73 Å². The van der Waals surface area contributed by atoms with Crippen LogP contribution in [0.2, 0.25) is 0 Å². The Labute approximate surface area is 122 Å². The fourth-order valence-corrected chi connectivity index (χ4v) is 2.67. The fourth-order valence-electron chi connectivity index (χ4n) is 2.27. The molecule has 0 unspecified atom stereocenters. The van der Waals surface area contributed by atoms with Gasteiger partial charge in [0, 0.05) is 17.1 Å². The SMILES string of the molecule is CCCCCc1nn(C)c(N)c1-c1cccc(Br)c1. The van der Waals surface area contributed by atoms with Gasteiger partial charge in [-0.1, -0.05) is 47.8 Å². The van der Waals surface area contributed by atoms with Gasteiger partial charge in [0.05, 0.1) is 5.69 Å². The summed E-state index contributed by atoms with van der Waals surface area (Å²) in [5, 5.41) is 4.56. The monoisotopic (exact) mass is 321 g/mol. The van der Waals surface area contributed by atoms with Gasteiger partial charge in [0.25, 0.3) is 0 Å². The Morgan fingerprint density at radius 3 is 2.79 bits per heavy atom. The normalized spacial score (nSPS) is 10.9. The molecule has 1 aromatic carbocycles. The Morgan fingerprint density at radius 1 is 1.32 bits per heavy atom. The minimum Gasteiger partial charge on any atom is -0.383 e. The number of unbranched alkanes of at least 4 members (excludes halogenated alkanes) is 2. The molecule has 0 spiro atoms. The molecule has 0 aliphatic rings.